The van der Waals surface area contributed by atoms with Crippen LogP contribution < -0.4 is 5.32 Å². The number of benzene rings is 2. The summed E-state index contributed by atoms with van der Waals surface area (Å²) in [6.07, 6.45) is 9.36. The van der Waals surface area contributed by atoms with E-state index >= 15 is 0 Å². The first-order valence-electron chi connectivity index (χ1n) is 32.5. The molecule has 0 spiro atoms. The molecule has 2 aromatic carbocycles. The van der Waals surface area contributed by atoms with E-state index in [2.05, 4.69) is 91.5 Å². The molecule has 6 rings (SSSR count). The van der Waals surface area contributed by atoms with Gasteiger partial charge in [0.1, 0.15) is 5.78 Å². The third-order valence-corrected chi connectivity index (χ3v) is 18.5. The van der Waals surface area contributed by atoms with Crippen molar-refractivity contribution >= 4 is 41.0 Å². The van der Waals surface area contributed by atoms with Gasteiger partial charge in [0, 0.05) is 64.1 Å². The maximum absolute atomic E-state index is 14.5. The van der Waals surface area contributed by atoms with Crippen molar-refractivity contribution in [2.75, 3.05) is 34.9 Å². The van der Waals surface area contributed by atoms with Gasteiger partial charge >= 0.3 is 0 Å². The van der Waals surface area contributed by atoms with E-state index in [1.54, 1.807) is 52.0 Å². The Morgan fingerprint density at radius 1 is 0.742 bits per heavy atom. The summed E-state index contributed by atoms with van der Waals surface area (Å²) in [5.41, 5.74) is 3.10. The molecule has 1 aromatic heterocycles. The number of nitrogens with one attached hydrogen (secondary N) is 1. The largest absolute Gasteiger partial charge is 0.379 e. The van der Waals surface area contributed by atoms with E-state index in [0.29, 0.717) is 66.5 Å². The number of hydrogen-bond acceptors (Lipinski definition) is 13. The number of Topliss-reactive ketones (excluding diaryl/α,β-unsaturated/α-hetero) is 3. The number of ether oxygens (including phenoxy) is 2. The number of carbonyl (C=O) groups excluding carboxylic acids is 7. The van der Waals surface area contributed by atoms with Gasteiger partial charge in [-0.25, -0.2) is 0 Å². The van der Waals surface area contributed by atoms with Crippen LogP contribution in [-0.4, -0.2) is 147 Å². The molecule has 1 saturated carbocycles. The van der Waals surface area contributed by atoms with Crippen LogP contribution in [-0.2, 0) is 55.9 Å². The quantitative estimate of drug-likeness (QED) is 0.0783. The minimum absolute atomic E-state index is 0.000529. The topological polar surface area (TPSA) is 211 Å². The summed E-state index contributed by atoms with van der Waals surface area (Å²) in [5, 5.41) is 18.2. The molecule has 1 aliphatic heterocycles. The highest BCUT2D eigenvalue weighted by Crippen LogP contribution is 2.55. The Morgan fingerprint density at radius 3 is 1.82 bits per heavy atom. The van der Waals surface area contributed by atoms with E-state index in [0.717, 1.165) is 24.0 Å². The van der Waals surface area contributed by atoms with Gasteiger partial charge in [0.2, 0.25) is 29.5 Å². The van der Waals surface area contributed by atoms with Gasteiger partial charge in [-0.05, 0) is 103 Å². The minimum Gasteiger partial charge on any atom is -0.379 e. The van der Waals surface area contributed by atoms with Gasteiger partial charge in [-0.2, -0.15) is 0 Å². The van der Waals surface area contributed by atoms with Crippen molar-refractivity contribution in [3.8, 4) is 11.4 Å². The molecule has 1 saturated heterocycles. The van der Waals surface area contributed by atoms with Gasteiger partial charge in [-0.3, -0.25) is 33.6 Å². The van der Waals surface area contributed by atoms with Crippen molar-refractivity contribution in [3.05, 3.63) is 84.2 Å². The molecule has 2 fully saturated rings. The lowest BCUT2D eigenvalue weighted by Crippen LogP contribution is -2.55. The van der Waals surface area contributed by atoms with Crippen LogP contribution in [0.3, 0.4) is 0 Å². The number of nitrogens with zero attached hydrogens (tertiary/aromatic N) is 7. The molecule has 17 heteroatoms. The van der Waals surface area contributed by atoms with Gasteiger partial charge in [-0.1, -0.05) is 184 Å². The zero-order chi connectivity index (χ0) is 67.0. The lowest BCUT2D eigenvalue weighted by atomic mass is 9.67. The summed E-state index contributed by atoms with van der Waals surface area (Å²) >= 11 is 0. The highest BCUT2D eigenvalue weighted by atomic mass is 16.5. The molecule has 1 N–H and O–H groups in total. The average molecular weight is 1230 g/mol. The molecule has 2 heterocycles. The Kier molecular flexibility index (Phi) is 28.2. The van der Waals surface area contributed by atoms with E-state index < -0.39 is 47.6 Å². The van der Waals surface area contributed by atoms with Crippen LogP contribution in [0.1, 0.15) is 174 Å². The fourth-order valence-corrected chi connectivity index (χ4v) is 13.9. The lowest BCUT2D eigenvalue weighted by Gasteiger charge is -2.41. The summed E-state index contributed by atoms with van der Waals surface area (Å²) in [6.45, 7) is 36.2. The van der Waals surface area contributed by atoms with Gasteiger partial charge in [0.25, 0.3) is 0 Å². The van der Waals surface area contributed by atoms with Crippen LogP contribution in [0, 0.1) is 69.5 Å². The van der Waals surface area contributed by atoms with E-state index in [1.165, 1.54) is 30.1 Å². The fourth-order valence-electron chi connectivity index (χ4n) is 13.9. The maximum Gasteiger partial charge on any atom is 0.228 e. The first-order valence-corrected chi connectivity index (χ1v) is 32.5. The van der Waals surface area contributed by atoms with Gasteiger partial charge in [-0.15, -0.1) is 20.4 Å². The Hall–Kier alpha value is -6.07. The highest BCUT2D eigenvalue weighted by Gasteiger charge is 2.51. The predicted molar refractivity (Wildman–Crippen MR) is 352 cm³/mol. The summed E-state index contributed by atoms with van der Waals surface area (Å²) in [7, 11) is 6.49. The molecule has 2 bridgehead atoms. The average Bonchev–Trinajstić information content (AvgIpc) is 1.69. The standard InChI is InChI=1S/C46H76N4O8.C13H16N4.C13H20O/c1-16-30(6)41(48(12)44(55)34(28(2)3)26-37(52)40(29(4)5)49(13)45(56)46(9,10)11)38(57-14)27-39(53)50-24-20-23-36(50)42(58-15)31(7)43(54)47-35(32(8)51)25-33-21-18-17-19-22-33;1-13(2,3)8-10-4-6-11(7-5-10)12-16-14-9-15-17-12;1-8(14)11-9-5-6-10(7-9)12(11)13(2,3)4/h17-19,21-22,28-31,34-36,38,40-42H,16,20,23-27H2,1-15H3,(H,47,54);4-7,9H,8H2,1-3H3;5-6,9-12H,7H2,1-4H3/t30-,31+,34-,35-,36-,38+,40-,41-,42+;;/m0../s1. The first kappa shape index (κ1) is 75.4. The van der Waals surface area contributed by atoms with Gasteiger partial charge in [0.15, 0.2) is 17.9 Å². The predicted octanol–water partition coefficient (Wildman–Crippen LogP) is 11.6. The Morgan fingerprint density at radius 2 is 1.34 bits per heavy atom. The van der Waals surface area contributed by atoms with E-state index in [1.807, 2.05) is 105 Å². The van der Waals surface area contributed by atoms with Crippen molar-refractivity contribution in [2.45, 2.75) is 212 Å². The number of likely N-dealkylation sites (tertiary alicyclic amines) is 1. The first-order chi connectivity index (χ1) is 41.5. The molecule has 4 unspecified atom stereocenters. The third-order valence-electron chi connectivity index (χ3n) is 18.5. The summed E-state index contributed by atoms with van der Waals surface area (Å²) in [5.74, 6) is 0.219. The van der Waals surface area contributed by atoms with Crippen molar-refractivity contribution in [2.24, 2.45) is 69.5 Å². The number of methoxy groups -OCH3 is 2. The van der Waals surface area contributed by atoms with Crippen LogP contribution in [0.2, 0.25) is 0 Å². The third kappa shape index (κ3) is 21.0. The van der Waals surface area contributed by atoms with Crippen LogP contribution in [0.4, 0.5) is 0 Å². The van der Waals surface area contributed by atoms with Crippen LogP contribution >= 0.6 is 0 Å². The number of amides is 4. The second-order valence-electron chi connectivity index (χ2n) is 29.6. The van der Waals surface area contributed by atoms with E-state index in [4.69, 9.17) is 9.47 Å². The second kappa shape index (κ2) is 33.3. The summed E-state index contributed by atoms with van der Waals surface area (Å²) in [4.78, 5) is 98.9. The molecule has 3 aromatic rings. The smallest absolute Gasteiger partial charge is 0.228 e. The second-order valence-corrected chi connectivity index (χ2v) is 29.6. The van der Waals surface area contributed by atoms with Crippen molar-refractivity contribution in [1.82, 2.24) is 40.4 Å². The number of carbonyl (C=O) groups is 7. The van der Waals surface area contributed by atoms with E-state index in [9.17, 15) is 33.6 Å². The van der Waals surface area contributed by atoms with Crippen LogP contribution in [0.25, 0.3) is 11.4 Å². The molecule has 13 atom stereocenters. The van der Waals surface area contributed by atoms with Crippen LogP contribution in [0.15, 0.2) is 73.1 Å². The molecule has 17 nitrogen and oxygen atoms in total. The van der Waals surface area contributed by atoms with Crippen molar-refractivity contribution < 1.29 is 43.0 Å². The Labute approximate surface area is 534 Å². The number of fused-ring (bicyclic) bond motifs is 2. The normalized spacial score (nSPS) is 20.8. The van der Waals surface area contributed by atoms with Crippen molar-refractivity contribution in [3.63, 3.8) is 0 Å². The molecular formula is C72H112N8O9. The molecule has 89 heavy (non-hydrogen) atoms. The zero-order valence-corrected chi connectivity index (χ0v) is 58.3. The Bertz CT molecular complexity index is 2810. The number of aromatic nitrogens is 4. The fraction of sp³-hybridized carbons (Fsp3) is 0.681. The van der Waals surface area contributed by atoms with Crippen molar-refractivity contribution in [1.29, 1.82) is 0 Å². The van der Waals surface area contributed by atoms with Gasteiger partial charge in [0.05, 0.1) is 48.7 Å². The molecule has 4 amide bonds. The molecule has 0 radical (unpaired) electrons. The summed E-state index contributed by atoms with van der Waals surface area (Å²) in [6, 6.07) is 15.5. The van der Waals surface area contributed by atoms with Gasteiger partial charge < -0.3 is 29.5 Å². The molecule has 494 valence electrons. The number of ketones is 3. The SMILES string of the molecule is CC(=O)C1C2C=CC(C2)C1C(C)(C)C.CC(C)(C)Cc1ccc(-c2nncnn2)cc1.CC[C@H](C)[C@@H]([C@@H](CC(=O)N1CCC[C@H]1[C@H](OC)[C@@H](C)C(=O)N[C@@H](Cc1ccccc1)C(C)=O)OC)N(C)C(=O)[C@@H](CC(=O)[C@H](C(C)C)N(C)C(=O)C(C)(C)C)C(C)C. The molecular weight excluding hydrogens is 1120 g/mol. The number of likely N-dealkylation sites (N-methyl/N-ethyl adjacent to an activating group) is 2. The highest BCUT2D eigenvalue weighted by molar-refractivity contribution is 5.94. The molecule has 2 aliphatic carbocycles. The number of allylic oxidation sites excluding steroid dienone is 2. The zero-order valence-electron chi connectivity index (χ0n) is 58.3. The lowest BCUT2D eigenvalue weighted by molar-refractivity contribution is -0.150. The van der Waals surface area contributed by atoms with E-state index in [-0.39, 0.29) is 77.2 Å². The minimum atomic E-state index is -0.695. The Balaban J connectivity index is 0.000000433. The number of rotatable bonds is 25. The molecule has 3 aliphatic rings. The monoisotopic (exact) mass is 1230 g/mol. The number of hydrogen-bond donors (Lipinski definition) is 1. The van der Waals surface area contributed by atoms with Crippen LogP contribution in [0.5, 0.6) is 0 Å². The summed E-state index contributed by atoms with van der Waals surface area (Å²) < 4.78 is 12.0. The maximum atomic E-state index is 14.5.